The van der Waals surface area contributed by atoms with Gasteiger partial charge in [-0.1, -0.05) is 13.8 Å². The van der Waals surface area contributed by atoms with Crippen LogP contribution in [0.25, 0.3) is 0 Å². The number of aromatic nitrogens is 1. The minimum Gasteiger partial charge on any atom is -0.356 e. The maximum Gasteiger partial charge on any atom is 0.317 e. The van der Waals surface area contributed by atoms with Crippen molar-refractivity contribution < 1.29 is 4.79 Å². The van der Waals surface area contributed by atoms with E-state index < -0.39 is 0 Å². The van der Waals surface area contributed by atoms with Crippen LogP contribution in [0, 0.1) is 28.6 Å². The van der Waals surface area contributed by atoms with Gasteiger partial charge in [-0.05, 0) is 42.2 Å². The Kier molecular flexibility index (Phi) is 3.82. The number of anilines is 1. The first-order chi connectivity index (χ1) is 12.0. The molecule has 0 bridgehead atoms. The summed E-state index contributed by atoms with van der Waals surface area (Å²) in [5.41, 5.74) is 1.02. The van der Waals surface area contributed by atoms with E-state index in [1.165, 1.54) is 0 Å². The number of carbonyl (C=O) groups excluding carboxylic acids is 1. The fourth-order valence-electron chi connectivity index (χ4n) is 4.46. The lowest BCUT2D eigenvalue weighted by Gasteiger charge is -2.34. The van der Waals surface area contributed by atoms with Crippen LogP contribution in [0.4, 0.5) is 10.6 Å². The van der Waals surface area contributed by atoms with Gasteiger partial charge in [0.1, 0.15) is 11.9 Å². The van der Waals surface area contributed by atoms with E-state index in [-0.39, 0.29) is 12.1 Å². The Bertz CT molecular complexity index is 686. The number of nitrogens with one attached hydrogen (secondary N) is 1. The molecule has 132 valence electrons. The quantitative estimate of drug-likeness (QED) is 0.897. The van der Waals surface area contributed by atoms with Crippen LogP contribution >= 0.6 is 0 Å². The lowest BCUT2D eigenvalue weighted by atomic mass is 10.0. The molecule has 0 unspecified atom stereocenters. The predicted octanol–water partition coefficient (Wildman–Crippen LogP) is 2.22. The molecule has 6 nitrogen and oxygen atoms in total. The van der Waals surface area contributed by atoms with Crippen LogP contribution in [0.5, 0.6) is 0 Å². The van der Waals surface area contributed by atoms with E-state index in [0.29, 0.717) is 22.8 Å². The van der Waals surface area contributed by atoms with Gasteiger partial charge >= 0.3 is 6.03 Å². The first-order valence-corrected chi connectivity index (χ1v) is 9.15. The average molecular weight is 339 g/mol. The molecule has 1 aromatic rings. The van der Waals surface area contributed by atoms with Crippen molar-refractivity contribution in [3.05, 3.63) is 23.9 Å². The van der Waals surface area contributed by atoms with Crippen molar-refractivity contribution in [2.75, 3.05) is 31.1 Å². The van der Waals surface area contributed by atoms with Gasteiger partial charge in [0.2, 0.25) is 0 Å². The van der Waals surface area contributed by atoms with Crippen molar-refractivity contribution in [1.29, 1.82) is 5.26 Å². The SMILES string of the molecule is CC1(C)[C@H]2CN(C(=O)NC3CCN(c4ccc(C#N)cn4)CC3)C[C@@H]21. The molecule has 1 saturated carbocycles. The van der Waals surface area contributed by atoms with Crippen LogP contribution in [0.1, 0.15) is 32.3 Å². The Morgan fingerprint density at radius 2 is 1.96 bits per heavy atom. The fourth-order valence-corrected chi connectivity index (χ4v) is 4.46. The summed E-state index contributed by atoms with van der Waals surface area (Å²) in [6.45, 7) is 8.20. The van der Waals surface area contributed by atoms with Gasteiger partial charge in [0, 0.05) is 38.4 Å². The van der Waals surface area contributed by atoms with E-state index in [0.717, 1.165) is 44.8 Å². The number of nitrogens with zero attached hydrogens (tertiary/aromatic N) is 4. The molecular formula is C19H25N5O. The molecule has 1 N–H and O–H groups in total. The number of fused-ring (bicyclic) bond motifs is 1. The van der Waals surface area contributed by atoms with Crippen molar-refractivity contribution >= 4 is 11.8 Å². The van der Waals surface area contributed by atoms with Crippen molar-refractivity contribution in [1.82, 2.24) is 15.2 Å². The minimum atomic E-state index is 0.109. The molecule has 1 aromatic heterocycles. The Morgan fingerprint density at radius 3 is 2.52 bits per heavy atom. The smallest absolute Gasteiger partial charge is 0.317 e. The molecule has 0 aromatic carbocycles. The van der Waals surface area contributed by atoms with Gasteiger partial charge < -0.3 is 15.1 Å². The number of hydrogen-bond donors (Lipinski definition) is 1. The van der Waals surface area contributed by atoms with Crippen LogP contribution in [-0.4, -0.2) is 48.1 Å². The molecule has 4 rings (SSSR count). The lowest BCUT2D eigenvalue weighted by Crippen LogP contribution is -2.49. The summed E-state index contributed by atoms with van der Waals surface area (Å²) >= 11 is 0. The highest BCUT2D eigenvalue weighted by Gasteiger charge is 2.62. The van der Waals surface area contributed by atoms with E-state index in [1.807, 2.05) is 11.0 Å². The van der Waals surface area contributed by atoms with Gasteiger partial charge in [-0.25, -0.2) is 9.78 Å². The van der Waals surface area contributed by atoms with Crippen molar-refractivity contribution in [2.24, 2.45) is 17.3 Å². The molecule has 2 amide bonds. The summed E-state index contributed by atoms with van der Waals surface area (Å²) in [6.07, 6.45) is 3.47. The maximum absolute atomic E-state index is 12.5. The second kappa shape index (κ2) is 5.91. The fraction of sp³-hybridized carbons (Fsp3) is 0.632. The Labute approximate surface area is 148 Å². The molecule has 3 fully saturated rings. The molecule has 3 aliphatic rings. The minimum absolute atomic E-state index is 0.109. The summed E-state index contributed by atoms with van der Waals surface area (Å²) in [5.74, 6) is 2.30. The third-order valence-corrected chi connectivity index (χ3v) is 6.43. The number of likely N-dealkylation sites (tertiary alicyclic amines) is 1. The van der Waals surface area contributed by atoms with E-state index >= 15 is 0 Å². The molecule has 2 atom stereocenters. The summed E-state index contributed by atoms with van der Waals surface area (Å²) < 4.78 is 0. The van der Waals surface area contributed by atoms with E-state index in [1.54, 1.807) is 12.3 Å². The molecule has 0 spiro atoms. The van der Waals surface area contributed by atoms with Crippen LogP contribution in [0.15, 0.2) is 18.3 Å². The normalized spacial score (nSPS) is 27.6. The highest BCUT2D eigenvalue weighted by atomic mass is 16.2. The number of hydrogen-bond acceptors (Lipinski definition) is 4. The zero-order chi connectivity index (χ0) is 17.6. The summed E-state index contributed by atoms with van der Waals surface area (Å²) in [4.78, 5) is 21.0. The van der Waals surface area contributed by atoms with Crippen molar-refractivity contribution in [2.45, 2.75) is 32.7 Å². The Balaban J connectivity index is 1.25. The summed E-state index contributed by atoms with van der Waals surface area (Å²) in [7, 11) is 0. The van der Waals surface area contributed by atoms with Crippen LogP contribution in [-0.2, 0) is 0 Å². The van der Waals surface area contributed by atoms with Gasteiger partial charge in [-0.2, -0.15) is 5.26 Å². The van der Waals surface area contributed by atoms with Crippen LogP contribution < -0.4 is 10.2 Å². The van der Waals surface area contributed by atoms with Gasteiger partial charge in [-0.15, -0.1) is 0 Å². The highest BCUT2D eigenvalue weighted by molar-refractivity contribution is 5.75. The summed E-state index contributed by atoms with van der Waals surface area (Å²) in [5, 5.41) is 12.1. The van der Waals surface area contributed by atoms with E-state index in [4.69, 9.17) is 5.26 Å². The second-order valence-corrected chi connectivity index (χ2v) is 8.17. The first-order valence-electron chi connectivity index (χ1n) is 9.15. The van der Waals surface area contributed by atoms with Gasteiger partial charge in [0.25, 0.3) is 0 Å². The topological polar surface area (TPSA) is 72.3 Å². The van der Waals surface area contributed by atoms with Gasteiger partial charge in [-0.3, -0.25) is 0 Å². The Morgan fingerprint density at radius 1 is 1.28 bits per heavy atom. The average Bonchev–Trinajstić information content (AvgIpc) is 2.99. The number of amides is 2. The Hall–Kier alpha value is -2.29. The molecular weight excluding hydrogens is 314 g/mol. The van der Waals surface area contributed by atoms with E-state index in [9.17, 15) is 4.79 Å². The standard InChI is InChI=1S/C19H25N5O/c1-19(2)15-11-24(12-16(15)19)18(25)22-14-5-7-23(8-6-14)17-4-3-13(9-20)10-21-17/h3-4,10,14-16H,5-8,11-12H2,1-2H3,(H,22,25)/t15-,16-/m0/s1. The molecule has 0 radical (unpaired) electrons. The van der Waals surface area contributed by atoms with E-state index in [2.05, 4.69) is 35.1 Å². The molecule has 1 aliphatic carbocycles. The van der Waals surface area contributed by atoms with Crippen molar-refractivity contribution in [3.63, 3.8) is 0 Å². The number of rotatable bonds is 2. The largest absolute Gasteiger partial charge is 0.356 e. The zero-order valence-electron chi connectivity index (χ0n) is 14.9. The number of urea groups is 1. The predicted molar refractivity (Wildman–Crippen MR) is 95.1 cm³/mol. The molecule has 6 heteroatoms. The first kappa shape index (κ1) is 16.2. The number of carbonyl (C=O) groups is 1. The van der Waals surface area contributed by atoms with Crippen molar-refractivity contribution in [3.8, 4) is 6.07 Å². The third kappa shape index (κ3) is 2.92. The van der Waals surface area contributed by atoms with Gasteiger partial charge in [0.15, 0.2) is 0 Å². The molecule has 2 aliphatic heterocycles. The lowest BCUT2D eigenvalue weighted by molar-refractivity contribution is 0.190. The molecule has 25 heavy (non-hydrogen) atoms. The number of piperidine rings is 2. The molecule has 3 heterocycles. The van der Waals surface area contributed by atoms with Crippen LogP contribution in [0.2, 0.25) is 0 Å². The number of nitriles is 1. The second-order valence-electron chi connectivity index (χ2n) is 8.17. The monoisotopic (exact) mass is 339 g/mol. The van der Waals surface area contributed by atoms with Crippen LogP contribution in [0.3, 0.4) is 0 Å². The summed E-state index contributed by atoms with van der Waals surface area (Å²) in [6, 6.07) is 6.14. The van der Waals surface area contributed by atoms with Gasteiger partial charge in [0.05, 0.1) is 5.56 Å². The zero-order valence-corrected chi connectivity index (χ0v) is 14.9. The number of pyridine rings is 1. The maximum atomic E-state index is 12.5. The third-order valence-electron chi connectivity index (χ3n) is 6.43. The highest BCUT2D eigenvalue weighted by Crippen LogP contribution is 2.61. The molecule has 2 saturated heterocycles.